The SMILES string of the molecule is CC(C)(C)[C@H]1CCc2c(sc(N=Cc3ccc(Sc4ccccc4)c([N+](=O)[O-])c3)c2C(=O)Nc2ccccc2)C1. The van der Waals surface area contributed by atoms with Crippen LogP contribution in [0.4, 0.5) is 16.4 Å². The molecule has 3 aromatic carbocycles. The highest BCUT2D eigenvalue weighted by Crippen LogP contribution is 2.45. The second-order valence-electron chi connectivity index (χ2n) is 11.0. The fraction of sp³-hybridized carbons (Fsp3) is 0.250. The Balaban J connectivity index is 1.48. The summed E-state index contributed by atoms with van der Waals surface area (Å²) in [6.45, 7) is 6.81. The van der Waals surface area contributed by atoms with Gasteiger partial charge in [0.05, 0.1) is 15.4 Å². The van der Waals surface area contributed by atoms with Crippen molar-refractivity contribution < 1.29 is 9.72 Å². The van der Waals surface area contributed by atoms with E-state index in [4.69, 9.17) is 4.99 Å². The van der Waals surface area contributed by atoms with Gasteiger partial charge in [0.2, 0.25) is 0 Å². The van der Waals surface area contributed by atoms with E-state index in [0.717, 1.165) is 35.4 Å². The molecule has 1 aromatic heterocycles. The summed E-state index contributed by atoms with van der Waals surface area (Å²) >= 11 is 2.91. The van der Waals surface area contributed by atoms with E-state index < -0.39 is 0 Å². The Morgan fingerprint density at radius 1 is 1.07 bits per heavy atom. The molecule has 0 aliphatic heterocycles. The minimum atomic E-state index is -0.363. The van der Waals surface area contributed by atoms with E-state index in [1.807, 2.05) is 66.7 Å². The summed E-state index contributed by atoms with van der Waals surface area (Å²) in [6, 6.07) is 24.1. The highest BCUT2D eigenvalue weighted by atomic mass is 32.2. The van der Waals surface area contributed by atoms with Gasteiger partial charge in [0.1, 0.15) is 5.00 Å². The Hall–Kier alpha value is -3.75. The van der Waals surface area contributed by atoms with Crippen LogP contribution in [-0.2, 0) is 12.8 Å². The predicted octanol–water partition coefficient (Wildman–Crippen LogP) is 8.96. The molecule has 6 nitrogen and oxygen atoms in total. The molecule has 5 rings (SSSR count). The molecule has 204 valence electrons. The lowest BCUT2D eigenvalue weighted by Crippen LogP contribution is -2.27. The first-order valence-electron chi connectivity index (χ1n) is 13.3. The second kappa shape index (κ2) is 11.8. The summed E-state index contributed by atoms with van der Waals surface area (Å²) in [5.41, 5.74) is 3.23. The zero-order valence-corrected chi connectivity index (χ0v) is 24.4. The summed E-state index contributed by atoms with van der Waals surface area (Å²) in [5.74, 6) is 0.350. The zero-order valence-electron chi connectivity index (χ0n) is 22.7. The van der Waals surface area contributed by atoms with Gasteiger partial charge in [-0.15, -0.1) is 11.3 Å². The molecule has 1 amide bonds. The van der Waals surface area contributed by atoms with Gasteiger partial charge in [0.25, 0.3) is 11.6 Å². The molecule has 1 N–H and O–H groups in total. The highest BCUT2D eigenvalue weighted by Gasteiger charge is 2.33. The molecule has 0 saturated carbocycles. The van der Waals surface area contributed by atoms with Crippen molar-refractivity contribution >= 4 is 51.6 Å². The molecule has 4 aromatic rings. The number of thiophene rings is 1. The van der Waals surface area contributed by atoms with Crippen LogP contribution in [0.3, 0.4) is 0 Å². The van der Waals surface area contributed by atoms with Crippen molar-refractivity contribution in [3.8, 4) is 0 Å². The first-order valence-corrected chi connectivity index (χ1v) is 14.9. The molecular formula is C32H31N3O3S2. The lowest BCUT2D eigenvalue weighted by atomic mass is 9.72. The van der Waals surface area contributed by atoms with Crippen LogP contribution in [0.15, 0.2) is 93.6 Å². The zero-order chi connectivity index (χ0) is 28.3. The second-order valence-corrected chi connectivity index (χ2v) is 13.2. The molecule has 0 radical (unpaired) electrons. The van der Waals surface area contributed by atoms with Crippen LogP contribution in [0.2, 0.25) is 0 Å². The summed E-state index contributed by atoms with van der Waals surface area (Å²) in [7, 11) is 0. The minimum absolute atomic E-state index is 0.0262. The van der Waals surface area contributed by atoms with Gasteiger partial charge in [0.15, 0.2) is 0 Å². The summed E-state index contributed by atoms with van der Waals surface area (Å²) in [5, 5.41) is 15.6. The standard InChI is InChI=1S/C32H31N3O3S2/c1-32(2,3)22-15-16-25-28(19-22)40-31(29(25)30(36)34-23-10-6-4-7-11-23)33-20-21-14-17-27(26(18-21)35(37)38)39-24-12-8-5-9-13-24/h4-14,17-18,20,22H,15-16,19H2,1-3H3,(H,34,36)/t22-/m0/s1. The van der Waals surface area contributed by atoms with Crippen LogP contribution in [-0.4, -0.2) is 17.0 Å². The number of carbonyl (C=O) groups excluding carboxylic acids is 1. The Morgan fingerprint density at radius 2 is 1.77 bits per heavy atom. The number of hydrogen-bond donors (Lipinski definition) is 1. The van der Waals surface area contributed by atoms with Gasteiger partial charge in [-0.1, -0.05) is 75.0 Å². The highest BCUT2D eigenvalue weighted by molar-refractivity contribution is 7.99. The Kier molecular flexibility index (Phi) is 8.19. The third kappa shape index (κ3) is 6.35. The van der Waals surface area contributed by atoms with E-state index in [9.17, 15) is 14.9 Å². The monoisotopic (exact) mass is 569 g/mol. The smallest absolute Gasteiger partial charge is 0.283 e. The quantitative estimate of drug-likeness (QED) is 0.137. The molecule has 0 fully saturated rings. The molecule has 0 spiro atoms. The van der Waals surface area contributed by atoms with E-state index in [1.54, 1.807) is 29.7 Å². The first kappa shape index (κ1) is 27.8. The molecule has 0 unspecified atom stereocenters. The van der Waals surface area contributed by atoms with Gasteiger partial charge < -0.3 is 5.32 Å². The van der Waals surface area contributed by atoms with Crippen molar-refractivity contribution in [1.29, 1.82) is 0 Å². The van der Waals surface area contributed by atoms with E-state index in [1.165, 1.54) is 16.6 Å². The molecule has 1 aliphatic carbocycles. The molecule has 1 atom stereocenters. The van der Waals surface area contributed by atoms with E-state index in [2.05, 4.69) is 26.1 Å². The average molecular weight is 570 g/mol. The molecule has 40 heavy (non-hydrogen) atoms. The number of nitro benzene ring substituents is 1. The van der Waals surface area contributed by atoms with Gasteiger partial charge in [-0.25, -0.2) is 4.99 Å². The molecule has 1 heterocycles. The average Bonchev–Trinajstić information content (AvgIpc) is 3.31. The lowest BCUT2D eigenvalue weighted by Gasteiger charge is -2.33. The van der Waals surface area contributed by atoms with Crippen LogP contribution < -0.4 is 5.32 Å². The number of anilines is 1. The van der Waals surface area contributed by atoms with Gasteiger partial charge >= 0.3 is 0 Å². The number of nitrogens with one attached hydrogen (secondary N) is 1. The fourth-order valence-corrected chi connectivity index (χ4v) is 7.13. The number of nitrogens with zero attached hydrogens (tertiary/aromatic N) is 2. The largest absolute Gasteiger partial charge is 0.322 e. The van der Waals surface area contributed by atoms with Gasteiger partial charge in [0, 0.05) is 27.7 Å². The number of hydrogen-bond acceptors (Lipinski definition) is 6. The number of aliphatic imine (C=N–C) groups is 1. The van der Waals surface area contributed by atoms with Gasteiger partial charge in [-0.2, -0.15) is 0 Å². The van der Waals surface area contributed by atoms with Crippen molar-refractivity contribution in [1.82, 2.24) is 0 Å². The maximum absolute atomic E-state index is 13.5. The Bertz CT molecular complexity index is 1560. The summed E-state index contributed by atoms with van der Waals surface area (Å²) in [6.07, 6.45) is 4.40. The van der Waals surface area contributed by atoms with Crippen molar-refractivity contribution in [3.05, 3.63) is 111 Å². The summed E-state index contributed by atoms with van der Waals surface area (Å²) < 4.78 is 0. The molecular weight excluding hydrogens is 539 g/mol. The van der Waals surface area contributed by atoms with Crippen LogP contribution in [0.5, 0.6) is 0 Å². The lowest BCUT2D eigenvalue weighted by molar-refractivity contribution is -0.387. The third-order valence-electron chi connectivity index (χ3n) is 7.21. The van der Waals surface area contributed by atoms with E-state index in [-0.39, 0.29) is 21.9 Å². The van der Waals surface area contributed by atoms with Crippen LogP contribution in [0.1, 0.15) is 53.6 Å². The van der Waals surface area contributed by atoms with E-state index >= 15 is 0 Å². The molecule has 0 bridgehead atoms. The number of benzene rings is 3. The molecule has 8 heteroatoms. The number of rotatable bonds is 7. The number of nitro groups is 1. The van der Waals surface area contributed by atoms with Crippen molar-refractivity contribution in [2.24, 2.45) is 16.3 Å². The Labute approximate surface area is 242 Å². The summed E-state index contributed by atoms with van der Waals surface area (Å²) in [4.78, 5) is 32.5. The first-order chi connectivity index (χ1) is 19.2. The maximum Gasteiger partial charge on any atom is 0.283 e. The fourth-order valence-electron chi connectivity index (χ4n) is 4.94. The molecule has 1 aliphatic rings. The minimum Gasteiger partial charge on any atom is -0.322 e. The van der Waals surface area contributed by atoms with Crippen molar-refractivity contribution in [3.63, 3.8) is 0 Å². The normalized spacial score (nSPS) is 15.1. The predicted molar refractivity (Wildman–Crippen MR) is 165 cm³/mol. The van der Waals surface area contributed by atoms with Crippen LogP contribution in [0, 0.1) is 21.4 Å². The van der Waals surface area contributed by atoms with Crippen molar-refractivity contribution in [2.45, 2.75) is 49.8 Å². The third-order valence-corrected chi connectivity index (χ3v) is 9.45. The Morgan fingerprint density at radius 3 is 2.45 bits per heavy atom. The number of para-hydroxylation sites is 1. The maximum atomic E-state index is 13.5. The van der Waals surface area contributed by atoms with Crippen LogP contribution >= 0.6 is 23.1 Å². The number of carbonyl (C=O) groups is 1. The van der Waals surface area contributed by atoms with Gasteiger partial charge in [-0.3, -0.25) is 14.9 Å². The topological polar surface area (TPSA) is 84.6 Å². The molecule has 0 saturated heterocycles. The number of amides is 1. The van der Waals surface area contributed by atoms with Gasteiger partial charge in [-0.05, 0) is 72.1 Å². The number of fused-ring (bicyclic) bond motifs is 1. The van der Waals surface area contributed by atoms with E-state index in [0.29, 0.717) is 26.9 Å². The van der Waals surface area contributed by atoms with Crippen LogP contribution in [0.25, 0.3) is 0 Å². The van der Waals surface area contributed by atoms with Crippen molar-refractivity contribution in [2.75, 3.05) is 5.32 Å².